The first-order valence-electron chi connectivity index (χ1n) is 9.87. The van der Waals surface area contributed by atoms with E-state index >= 15 is 0 Å². The Bertz CT molecular complexity index is 859. The fraction of sp³-hybridized carbons (Fsp3) is 0.364. The molecule has 28 heavy (non-hydrogen) atoms. The highest BCUT2D eigenvalue weighted by Gasteiger charge is 2.40. The van der Waals surface area contributed by atoms with Gasteiger partial charge in [-0.1, -0.05) is 55.0 Å². The minimum atomic E-state index is -0.656. The number of hydrogen-bond donors (Lipinski definition) is 0. The number of nitrogens with zero attached hydrogens (tertiary/aromatic N) is 5. The van der Waals surface area contributed by atoms with Crippen LogP contribution in [-0.2, 0) is 4.79 Å². The molecule has 2 atom stereocenters. The van der Waals surface area contributed by atoms with Crippen LogP contribution in [0.3, 0.4) is 0 Å². The van der Waals surface area contributed by atoms with Crippen molar-refractivity contribution in [3.8, 4) is 0 Å². The lowest BCUT2D eigenvalue weighted by molar-refractivity contribution is -0.136. The minimum Gasteiger partial charge on any atom is -0.278 e. The van der Waals surface area contributed by atoms with Crippen LogP contribution in [0.4, 0.5) is 5.69 Å². The second-order valence-electron chi connectivity index (χ2n) is 7.26. The summed E-state index contributed by atoms with van der Waals surface area (Å²) in [6.07, 6.45) is 3.33. The Balaban J connectivity index is 1.60. The van der Waals surface area contributed by atoms with Crippen LogP contribution in [0.2, 0.25) is 0 Å². The number of carbonyl (C=O) groups excluding carboxylic acids is 1. The third kappa shape index (κ3) is 3.87. The van der Waals surface area contributed by atoms with Crippen LogP contribution in [0.5, 0.6) is 0 Å². The Morgan fingerprint density at radius 1 is 0.964 bits per heavy atom. The van der Waals surface area contributed by atoms with E-state index in [0.717, 1.165) is 37.2 Å². The van der Waals surface area contributed by atoms with Gasteiger partial charge in [-0.15, -0.1) is 0 Å². The van der Waals surface area contributed by atoms with Gasteiger partial charge in [-0.05, 0) is 37.5 Å². The monoisotopic (exact) mass is 375 g/mol. The van der Waals surface area contributed by atoms with Crippen LogP contribution < -0.4 is 0 Å². The summed E-state index contributed by atoms with van der Waals surface area (Å²) in [5, 5.41) is 14.8. The van der Waals surface area contributed by atoms with Crippen LogP contribution in [0, 0.1) is 0 Å². The van der Waals surface area contributed by atoms with Crippen LogP contribution in [0.1, 0.15) is 37.9 Å². The van der Waals surface area contributed by atoms with E-state index in [1.165, 1.54) is 6.42 Å². The summed E-state index contributed by atoms with van der Waals surface area (Å²) in [4.78, 5) is 15.6. The molecule has 2 unspecified atom stereocenters. The SMILES string of the molecule is CC1=NN(C(c2ccccc2)N2CCCCC2)C(=O)C1N=Nc1ccccc1. The maximum Gasteiger partial charge on any atom is 0.277 e. The summed E-state index contributed by atoms with van der Waals surface area (Å²) < 4.78 is 0. The van der Waals surface area contributed by atoms with Crippen molar-refractivity contribution in [1.29, 1.82) is 0 Å². The molecule has 2 heterocycles. The summed E-state index contributed by atoms with van der Waals surface area (Å²) in [6, 6.07) is 19.0. The Labute approximate surface area is 165 Å². The molecule has 2 aromatic carbocycles. The minimum absolute atomic E-state index is 0.114. The van der Waals surface area contributed by atoms with Crippen molar-refractivity contribution in [3.05, 3.63) is 66.2 Å². The number of rotatable bonds is 5. The highest BCUT2D eigenvalue weighted by Crippen LogP contribution is 2.32. The molecule has 2 aliphatic heterocycles. The molecule has 0 bridgehead atoms. The van der Waals surface area contributed by atoms with Crippen LogP contribution >= 0.6 is 0 Å². The van der Waals surface area contributed by atoms with E-state index < -0.39 is 6.04 Å². The lowest BCUT2D eigenvalue weighted by Crippen LogP contribution is -2.44. The van der Waals surface area contributed by atoms with E-state index in [1.807, 2.05) is 55.5 Å². The molecule has 1 saturated heterocycles. The standard InChI is InChI=1S/C22H25N5O/c1-17-20(24-23-19-13-7-3-8-14-19)22(28)27(25-17)21(18-11-5-2-6-12-18)26-15-9-4-10-16-26/h2-3,5-8,11-14,20-21H,4,9-10,15-16H2,1H3. The van der Waals surface area contributed by atoms with E-state index in [4.69, 9.17) is 0 Å². The Morgan fingerprint density at radius 3 is 2.29 bits per heavy atom. The van der Waals surface area contributed by atoms with Crippen molar-refractivity contribution in [2.24, 2.45) is 15.3 Å². The molecule has 0 aliphatic carbocycles. The van der Waals surface area contributed by atoms with Gasteiger partial charge in [-0.2, -0.15) is 15.3 Å². The maximum absolute atomic E-state index is 13.2. The second kappa shape index (κ2) is 8.44. The average Bonchev–Trinajstić information content (AvgIpc) is 3.02. The van der Waals surface area contributed by atoms with Gasteiger partial charge in [0.25, 0.3) is 5.91 Å². The molecule has 144 valence electrons. The molecule has 6 nitrogen and oxygen atoms in total. The molecule has 2 aliphatic rings. The predicted molar refractivity (Wildman–Crippen MR) is 109 cm³/mol. The van der Waals surface area contributed by atoms with Gasteiger partial charge < -0.3 is 0 Å². The van der Waals surface area contributed by atoms with Gasteiger partial charge in [0.15, 0.2) is 6.04 Å². The van der Waals surface area contributed by atoms with Gasteiger partial charge in [0.2, 0.25) is 0 Å². The van der Waals surface area contributed by atoms with E-state index in [1.54, 1.807) is 5.01 Å². The first-order chi connectivity index (χ1) is 13.7. The molecule has 4 rings (SSSR count). The number of carbonyl (C=O) groups is 1. The molecule has 0 spiro atoms. The number of hydrogen-bond acceptors (Lipinski definition) is 5. The molecule has 0 saturated carbocycles. The fourth-order valence-corrected chi connectivity index (χ4v) is 3.80. The quantitative estimate of drug-likeness (QED) is 0.720. The summed E-state index contributed by atoms with van der Waals surface area (Å²) >= 11 is 0. The smallest absolute Gasteiger partial charge is 0.277 e. The number of hydrazone groups is 1. The van der Waals surface area contributed by atoms with Gasteiger partial charge in [-0.25, -0.2) is 5.01 Å². The number of amides is 1. The number of benzene rings is 2. The van der Waals surface area contributed by atoms with Crippen LogP contribution in [0.25, 0.3) is 0 Å². The molecule has 2 aromatic rings. The van der Waals surface area contributed by atoms with Crippen molar-refractivity contribution in [2.45, 2.75) is 38.4 Å². The van der Waals surface area contributed by atoms with Crippen LogP contribution in [-0.4, -0.2) is 40.7 Å². The van der Waals surface area contributed by atoms with Crippen molar-refractivity contribution in [1.82, 2.24) is 9.91 Å². The van der Waals surface area contributed by atoms with E-state index in [-0.39, 0.29) is 12.1 Å². The van der Waals surface area contributed by atoms with Gasteiger partial charge in [0.05, 0.1) is 11.4 Å². The predicted octanol–water partition coefficient (Wildman–Crippen LogP) is 4.54. The van der Waals surface area contributed by atoms with Gasteiger partial charge in [0, 0.05) is 13.1 Å². The molecule has 0 N–H and O–H groups in total. The zero-order chi connectivity index (χ0) is 19.3. The second-order valence-corrected chi connectivity index (χ2v) is 7.26. The molecule has 1 fully saturated rings. The van der Waals surface area contributed by atoms with Crippen LogP contribution in [0.15, 0.2) is 76.0 Å². The molecule has 0 aromatic heterocycles. The zero-order valence-electron chi connectivity index (χ0n) is 16.1. The van der Waals surface area contributed by atoms with Crippen molar-refractivity contribution >= 4 is 17.3 Å². The largest absolute Gasteiger partial charge is 0.278 e. The normalized spacial score (nSPS) is 21.9. The molecular formula is C22H25N5O. The van der Waals surface area contributed by atoms with E-state index in [9.17, 15) is 4.79 Å². The Kier molecular flexibility index (Phi) is 5.58. The third-order valence-corrected chi connectivity index (χ3v) is 5.23. The lowest BCUT2D eigenvalue weighted by Gasteiger charge is -2.38. The molecule has 6 heteroatoms. The number of piperidine rings is 1. The summed E-state index contributed by atoms with van der Waals surface area (Å²) in [7, 11) is 0. The first-order valence-corrected chi connectivity index (χ1v) is 9.87. The van der Waals surface area contributed by atoms with E-state index in [0.29, 0.717) is 5.71 Å². The topological polar surface area (TPSA) is 60.6 Å². The number of likely N-dealkylation sites (tertiary alicyclic amines) is 1. The van der Waals surface area contributed by atoms with E-state index in [2.05, 4.69) is 32.4 Å². The fourth-order valence-electron chi connectivity index (χ4n) is 3.80. The molecular weight excluding hydrogens is 350 g/mol. The van der Waals surface area contributed by atoms with Gasteiger partial charge in [0.1, 0.15) is 6.17 Å². The average molecular weight is 375 g/mol. The summed E-state index contributed by atoms with van der Waals surface area (Å²) in [5.74, 6) is -0.114. The van der Waals surface area contributed by atoms with Gasteiger partial charge >= 0.3 is 0 Å². The van der Waals surface area contributed by atoms with Crippen molar-refractivity contribution < 1.29 is 4.79 Å². The van der Waals surface area contributed by atoms with Crippen molar-refractivity contribution in [2.75, 3.05) is 13.1 Å². The maximum atomic E-state index is 13.2. The zero-order valence-corrected chi connectivity index (χ0v) is 16.1. The summed E-state index contributed by atoms with van der Waals surface area (Å²) in [6.45, 7) is 3.78. The lowest BCUT2D eigenvalue weighted by atomic mass is 10.1. The third-order valence-electron chi connectivity index (χ3n) is 5.23. The Morgan fingerprint density at radius 2 is 1.61 bits per heavy atom. The van der Waals surface area contributed by atoms with Gasteiger partial charge in [-0.3, -0.25) is 9.69 Å². The highest BCUT2D eigenvalue weighted by molar-refractivity contribution is 6.10. The highest BCUT2D eigenvalue weighted by atomic mass is 16.2. The summed E-state index contributed by atoms with van der Waals surface area (Å²) in [5.41, 5.74) is 2.50. The number of azo groups is 1. The molecule has 1 amide bonds. The molecule has 0 radical (unpaired) electrons. The Hall–Kier alpha value is -2.86. The van der Waals surface area contributed by atoms with Crippen molar-refractivity contribution in [3.63, 3.8) is 0 Å². The first kappa shape index (κ1) is 18.5.